The van der Waals surface area contributed by atoms with Crippen LogP contribution in [0.15, 0.2) is 0 Å². The molecule has 0 rings (SSSR count). The van der Waals surface area contributed by atoms with Crippen molar-refractivity contribution < 1.29 is 0 Å². The minimum atomic E-state index is 0.152. The van der Waals surface area contributed by atoms with Crippen molar-refractivity contribution in [3.05, 3.63) is 0 Å². The van der Waals surface area contributed by atoms with Gasteiger partial charge in [0.15, 0.2) is 0 Å². The molecule has 0 heterocycles. The van der Waals surface area contributed by atoms with Crippen molar-refractivity contribution in [1.82, 2.24) is 5.32 Å². The lowest BCUT2D eigenvalue weighted by atomic mass is 9.95. The minimum Gasteiger partial charge on any atom is -0.329 e. The quantitative estimate of drug-likeness (QED) is 0.640. The van der Waals surface area contributed by atoms with Crippen molar-refractivity contribution in [3.63, 3.8) is 0 Å². The van der Waals surface area contributed by atoms with Crippen molar-refractivity contribution >= 4 is 0 Å². The largest absolute Gasteiger partial charge is 0.329 e. The Bertz CT molecular complexity index is 112. The zero-order valence-corrected chi connectivity index (χ0v) is 8.98. The lowest BCUT2D eigenvalue weighted by Crippen LogP contribution is -2.49. The molecule has 0 aromatic heterocycles. The normalized spacial score (nSPS) is 16.5. The fourth-order valence-corrected chi connectivity index (χ4v) is 1.26. The average Bonchev–Trinajstić information content (AvgIpc) is 2.02. The van der Waals surface area contributed by atoms with Crippen LogP contribution in [0.5, 0.6) is 0 Å². The topological polar surface area (TPSA) is 38.0 Å². The van der Waals surface area contributed by atoms with Crippen LogP contribution in [-0.2, 0) is 0 Å². The SMILES string of the molecule is CCCC(C)(CN)NCC(C)C. The highest BCUT2D eigenvalue weighted by molar-refractivity contribution is 4.83. The molecule has 0 saturated carbocycles. The van der Waals surface area contributed by atoms with E-state index in [4.69, 9.17) is 5.73 Å². The zero-order chi connectivity index (χ0) is 9.61. The van der Waals surface area contributed by atoms with Crippen molar-refractivity contribution in [2.75, 3.05) is 13.1 Å². The van der Waals surface area contributed by atoms with Gasteiger partial charge in [0.05, 0.1) is 0 Å². The van der Waals surface area contributed by atoms with Crippen LogP contribution in [0.4, 0.5) is 0 Å². The third-order valence-corrected chi connectivity index (χ3v) is 2.19. The lowest BCUT2D eigenvalue weighted by molar-refractivity contribution is 0.319. The van der Waals surface area contributed by atoms with E-state index < -0.39 is 0 Å². The monoisotopic (exact) mass is 172 g/mol. The van der Waals surface area contributed by atoms with E-state index in [1.165, 1.54) is 6.42 Å². The Labute approximate surface area is 76.9 Å². The highest BCUT2D eigenvalue weighted by Crippen LogP contribution is 2.10. The first-order chi connectivity index (χ1) is 5.54. The molecule has 0 spiro atoms. The van der Waals surface area contributed by atoms with Gasteiger partial charge in [0.2, 0.25) is 0 Å². The second-order valence-corrected chi connectivity index (χ2v) is 4.29. The van der Waals surface area contributed by atoms with Gasteiger partial charge in [-0.05, 0) is 25.8 Å². The third-order valence-electron chi connectivity index (χ3n) is 2.19. The Balaban J connectivity index is 3.78. The summed E-state index contributed by atoms with van der Waals surface area (Å²) in [5, 5.41) is 3.52. The molecule has 12 heavy (non-hydrogen) atoms. The van der Waals surface area contributed by atoms with Gasteiger partial charge in [-0.3, -0.25) is 0 Å². The summed E-state index contributed by atoms with van der Waals surface area (Å²) < 4.78 is 0. The van der Waals surface area contributed by atoms with Crippen molar-refractivity contribution in [2.45, 2.75) is 46.1 Å². The van der Waals surface area contributed by atoms with Gasteiger partial charge < -0.3 is 11.1 Å². The summed E-state index contributed by atoms with van der Waals surface area (Å²) in [5.41, 5.74) is 5.87. The minimum absolute atomic E-state index is 0.152. The van der Waals surface area contributed by atoms with E-state index in [0.29, 0.717) is 5.92 Å². The standard InChI is InChI=1S/C10H24N2/c1-5-6-10(4,8-11)12-7-9(2)3/h9,12H,5-8,11H2,1-4H3. The van der Waals surface area contributed by atoms with E-state index >= 15 is 0 Å². The van der Waals surface area contributed by atoms with E-state index in [9.17, 15) is 0 Å². The Morgan fingerprint density at radius 1 is 1.42 bits per heavy atom. The average molecular weight is 172 g/mol. The summed E-state index contributed by atoms with van der Waals surface area (Å²) in [6.45, 7) is 10.6. The Kier molecular flexibility index (Phi) is 5.51. The molecule has 0 aliphatic carbocycles. The molecule has 1 unspecified atom stereocenters. The van der Waals surface area contributed by atoms with Crippen molar-refractivity contribution in [1.29, 1.82) is 0 Å². The number of nitrogens with two attached hydrogens (primary N) is 1. The van der Waals surface area contributed by atoms with E-state index in [0.717, 1.165) is 19.5 Å². The first-order valence-electron chi connectivity index (χ1n) is 4.99. The van der Waals surface area contributed by atoms with Crippen molar-refractivity contribution in [2.24, 2.45) is 11.7 Å². The van der Waals surface area contributed by atoms with Crippen LogP contribution >= 0.6 is 0 Å². The molecule has 0 aromatic rings. The Morgan fingerprint density at radius 3 is 2.33 bits per heavy atom. The maximum absolute atomic E-state index is 5.72. The molecule has 2 heteroatoms. The summed E-state index contributed by atoms with van der Waals surface area (Å²) in [4.78, 5) is 0. The van der Waals surface area contributed by atoms with Crippen LogP contribution in [0.1, 0.15) is 40.5 Å². The van der Waals surface area contributed by atoms with Crippen LogP contribution in [0.25, 0.3) is 0 Å². The van der Waals surface area contributed by atoms with Crippen LogP contribution in [-0.4, -0.2) is 18.6 Å². The van der Waals surface area contributed by atoms with Crippen molar-refractivity contribution in [3.8, 4) is 0 Å². The first kappa shape index (κ1) is 11.9. The molecular weight excluding hydrogens is 148 g/mol. The van der Waals surface area contributed by atoms with E-state index in [1.54, 1.807) is 0 Å². The second-order valence-electron chi connectivity index (χ2n) is 4.29. The molecule has 0 amide bonds. The molecule has 0 bridgehead atoms. The second kappa shape index (κ2) is 5.55. The summed E-state index contributed by atoms with van der Waals surface area (Å²) in [6, 6.07) is 0. The van der Waals surface area contributed by atoms with E-state index in [2.05, 4.69) is 33.0 Å². The van der Waals surface area contributed by atoms with Crippen LogP contribution in [0.3, 0.4) is 0 Å². The third kappa shape index (κ3) is 4.73. The Morgan fingerprint density at radius 2 is 2.00 bits per heavy atom. The fourth-order valence-electron chi connectivity index (χ4n) is 1.26. The molecule has 0 radical (unpaired) electrons. The fraction of sp³-hybridized carbons (Fsp3) is 1.00. The molecule has 0 aliphatic rings. The van der Waals surface area contributed by atoms with Gasteiger partial charge in [-0.15, -0.1) is 0 Å². The molecule has 2 nitrogen and oxygen atoms in total. The summed E-state index contributed by atoms with van der Waals surface area (Å²) in [7, 11) is 0. The number of hydrogen-bond donors (Lipinski definition) is 2. The van der Waals surface area contributed by atoms with E-state index in [1.807, 2.05) is 0 Å². The van der Waals surface area contributed by atoms with E-state index in [-0.39, 0.29) is 5.54 Å². The van der Waals surface area contributed by atoms with Gasteiger partial charge in [0, 0.05) is 12.1 Å². The predicted molar refractivity (Wildman–Crippen MR) is 55.2 cm³/mol. The molecule has 1 atom stereocenters. The molecule has 0 aliphatic heterocycles. The number of hydrogen-bond acceptors (Lipinski definition) is 2. The molecule has 0 fully saturated rings. The highest BCUT2D eigenvalue weighted by atomic mass is 15.0. The maximum Gasteiger partial charge on any atom is 0.0275 e. The van der Waals surface area contributed by atoms with Crippen LogP contribution < -0.4 is 11.1 Å². The smallest absolute Gasteiger partial charge is 0.0275 e. The van der Waals surface area contributed by atoms with Gasteiger partial charge in [-0.1, -0.05) is 27.2 Å². The zero-order valence-electron chi connectivity index (χ0n) is 8.98. The van der Waals surface area contributed by atoms with Gasteiger partial charge in [0.1, 0.15) is 0 Å². The summed E-state index contributed by atoms with van der Waals surface area (Å²) in [6.07, 6.45) is 2.36. The number of nitrogens with one attached hydrogen (secondary N) is 1. The number of rotatable bonds is 6. The lowest BCUT2D eigenvalue weighted by Gasteiger charge is -2.30. The van der Waals surface area contributed by atoms with Crippen LogP contribution in [0, 0.1) is 5.92 Å². The van der Waals surface area contributed by atoms with Gasteiger partial charge in [-0.2, -0.15) is 0 Å². The molecule has 0 aromatic carbocycles. The highest BCUT2D eigenvalue weighted by Gasteiger charge is 2.19. The first-order valence-corrected chi connectivity index (χ1v) is 4.99. The van der Waals surface area contributed by atoms with Gasteiger partial charge in [-0.25, -0.2) is 0 Å². The summed E-state index contributed by atoms with van der Waals surface area (Å²) in [5.74, 6) is 0.702. The molecular formula is C10H24N2. The molecule has 3 N–H and O–H groups in total. The predicted octanol–water partition coefficient (Wildman–Crippen LogP) is 1.75. The molecule has 74 valence electrons. The maximum atomic E-state index is 5.72. The summed E-state index contributed by atoms with van der Waals surface area (Å²) >= 11 is 0. The van der Waals surface area contributed by atoms with Gasteiger partial charge in [0.25, 0.3) is 0 Å². The van der Waals surface area contributed by atoms with Crippen LogP contribution in [0.2, 0.25) is 0 Å². The van der Waals surface area contributed by atoms with Gasteiger partial charge >= 0.3 is 0 Å². The Hall–Kier alpha value is -0.0800. The molecule has 0 saturated heterocycles.